The Morgan fingerprint density at radius 1 is 1.00 bits per heavy atom. The Kier molecular flexibility index (Phi) is 10.3. The van der Waals surface area contributed by atoms with Crippen molar-refractivity contribution in [3.05, 3.63) is 0 Å². The minimum atomic E-state index is -0.914. The van der Waals surface area contributed by atoms with Gasteiger partial charge in [-0.3, -0.25) is 4.79 Å². The number of unbranched alkanes of at least 4 members (excludes halogenated alkanes) is 4. The minimum absolute atomic E-state index is 0.143. The number of amides is 1. The lowest BCUT2D eigenvalue weighted by molar-refractivity contribution is -0.129. The maximum Gasteiger partial charge on any atom is 0.255 e. The summed E-state index contributed by atoms with van der Waals surface area (Å²) >= 11 is 11.2. The van der Waals surface area contributed by atoms with Crippen molar-refractivity contribution in [2.45, 2.75) is 57.2 Å². The van der Waals surface area contributed by atoms with Crippen LogP contribution in [-0.4, -0.2) is 28.7 Å². The first-order valence-corrected chi connectivity index (χ1v) is 7.07. The van der Waals surface area contributed by atoms with Crippen LogP contribution in [0.3, 0.4) is 0 Å². The quantitative estimate of drug-likeness (QED) is 0.457. The number of carbonyl (C=O) groups is 1. The molecule has 96 valence electrons. The number of nitrogens with zero attached hydrogens (tertiary/aromatic N) is 1. The van der Waals surface area contributed by atoms with Crippen molar-refractivity contribution in [2.75, 3.05) is 13.1 Å². The highest BCUT2D eigenvalue weighted by Gasteiger charge is 2.19. The SMILES string of the molecule is CCCCCN(CCCCC)C(=O)C(Cl)Cl. The molecule has 0 aliphatic rings. The second kappa shape index (κ2) is 10.2. The van der Waals surface area contributed by atoms with Crippen LogP contribution in [-0.2, 0) is 4.79 Å². The standard InChI is InChI=1S/C12H23Cl2NO/c1-3-5-7-9-15(10-8-6-4-2)12(16)11(13)14/h11H,3-10H2,1-2H3. The lowest BCUT2D eigenvalue weighted by Gasteiger charge is -2.23. The van der Waals surface area contributed by atoms with E-state index in [1.165, 1.54) is 0 Å². The van der Waals surface area contributed by atoms with Gasteiger partial charge in [-0.05, 0) is 12.8 Å². The molecule has 0 unspecified atom stereocenters. The van der Waals surface area contributed by atoms with Crippen LogP contribution in [0.4, 0.5) is 0 Å². The number of hydrogen-bond acceptors (Lipinski definition) is 1. The van der Waals surface area contributed by atoms with Crippen molar-refractivity contribution in [3.8, 4) is 0 Å². The van der Waals surface area contributed by atoms with E-state index in [2.05, 4.69) is 13.8 Å². The molecule has 4 heteroatoms. The molecule has 2 nitrogen and oxygen atoms in total. The van der Waals surface area contributed by atoms with Crippen LogP contribution in [0.1, 0.15) is 52.4 Å². The molecule has 0 N–H and O–H groups in total. The first-order valence-electron chi connectivity index (χ1n) is 6.20. The molecule has 0 aromatic carbocycles. The number of alkyl halides is 2. The Hall–Kier alpha value is 0.0500. The summed E-state index contributed by atoms with van der Waals surface area (Å²) in [6.07, 6.45) is 6.67. The first kappa shape index (κ1) is 16.1. The van der Waals surface area contributed by atoms with Gasteiger partial charge in [0.15, 0.2) is 4.84 Å². The molecule has 0 fully saturated rings. The van der Waals surface area contributed by atoms with Crippen molar-refractivity contribution in [3.63, 3.8) is 0 Å². The second-order valence-corrected chi connectivity index (χ2v) is 5.14. The van der Waals surface area contributed by atoms with Crippen LogP contribution in [0.2, 0.25) is 0 Å². The highest BCUT2D eigenvalue weighted by atomic mass is 35.5. The van der Waals surface area contributed by atoms with Crippen molar-refractivity contribution in [1.82, 2.24) is 4.90 Å². The summed E-state index contributed by atoms with van der Waals surface area (Å²) in [5.74, 6) is -0.143. The molecule has 0 rings (SSSR count). The molecule has 0 radical (unpaired) electrons. The molecule has 0 spiro atoms. The lowest BCUT2D eigenvalue weighted by Crippen LogP contribution is -2.36. The van der Waals surface area contributed by atoms with Gasteiger partial charge in [-0.1, -0.05) is 62.7 Å². The van der Waals surface area contributed by atoms with Gasteiger partial charge in [0.1, 0.15) is 0 Å². The molecule has 0 atom stereocenters. The summed E-state index contributed by atoms with van der Waals surface area (Å²) in [6.45, 7) is 5.86. The third-order valence-electron chi connectivity index (χ3n) is 2.56. The van der Waals surface area contributed by atoms with Crippen LogP contribution >= 0.6 is 23.2 Å². The normalized spacial score (nSPS) is 10.8. The number of hydrogen-bond donors (Lipinski definition) is 0. The van der Waals surface area contributed by atoms with E-state index < -0.39 is 4.84 Å². The van der Waals surface area contributed by atoms with Crippen LogP contribution < -0.4 is 0 Å². The Morgan fingerprint density at radius 3 is 1.75 bits per heavy atom. The highest BCUT2D eigenvalue weighted by molar-refractivity contribution is 6.53. The maximum absolute atomic E-state index is 11.7. The summed E-state index contributed by atoms with van der Waals surface area (Å²) in [5, 5.41) is 0. The zero-order chi connectivity index (χ0) is 12.4. The predicted octanol–water partition coefficient (Wildman–Crippen LogP) is 4.00. The molecule has 16 heavy (non-hydrogen) atoms. The van der Waals surface area contributed by atoms with E-state index in [9.17, 15) is 4.79 Å². The van der Waals surface area contributed by atoms with Crippen molar-refractivity contribution in [1.29, 1.82) is 0 Å². The molecule has 0 heterocycles. The number of rotatable bonds is 9. The van der Waals surface area contributed by atoms with Gasteiger partial charge >= 0.3 is 0 Å². The van der Waals surface area contributed by atoms with Crippen molar-refractivity contribution in [2.24, 2.45) is 0 Å². The van der Waals surface area contributed by atoms with E-state index in [1.54, 1.807) is 4.90 Å². The summed E-state index contributed by atoms with van der Waals surface area (Å²) < 4.78 is 0. The van der Waals surface area contributed by atoms with E-state index in [1.807, 2.05) is 0 Å². The second-order valence-electron chi connectivity index (χ2n) is 4.04. The van der Waals surface area contributed by atoms with E-state index in [-0.39, 0.29) is 5.91 Å². The summed E-state index contributed by atoms with van der Waals surface area (Å²) in [4.78, 5) is 12.6. The van der Waals surface area contributed by atoms with Crippen LogP contribution in [0.25, 0.3) is 0 Å². The van der Waals surface area contributed by atoms with Gasteiger partial charge in [0.25, 0.3) is 5.91 Å². The van der Waals surface area contributed by atoms with Crippen molar-refractivity contribution >= 4 is 29.1 Å². The zero-order valence-electron chi connectivity index (χ0n) is 10.3. The first-order chi connectivity index (χ1) is 7.63. The van der Waals surface area contributed by atoms with Crippen LogP contribution in [0.5, 0.6) is 0 Å². The lowest BCUT2D eigenvalue weighted by atomic mass is 10.2. The average Bonchev–Trinajstić information content (AvgIpc) is 2.26. The van der Waals surface area contributed by atoms with Gasteiger partial charge in [-0.2, -0.15) is 0 Å². The van der Waals surface area contributed by atoms with Gasteiger partial charge in [-0.25, -0.2) is 0 Å². The third kappa shape index (κ3) is 7.34. The largest absolute Gasteiger partial charge is 0.340 e. The smallest absolute Gasteiger partial charge is 0.255 e. The predicted molar refractivity (Wildman–Crippen MR) is 71.1 cm³/mol. The molecule has 0 aromatic rings. The molecule has 0 saturated carbocycles. The van der Waals surface area contributed by atoms with E-state index in [0.717, 1.165) is 51.6 Å². The zero-order valence-corrected chi connectivity index (χ0v) is 11.9. The molecule has 1 amide bonds. The fourth-order valence-electron chi connectivity index (χ4n) is 1.58. The minimum Gasteiger partial charge on any atom is -0.340 e. The Labute approximate surface area is 109 Å². The molecule has 0 aromatic heterocycles. The van der Waals surface area contributed by atoms with Gasteiger partial charge in [0, 0.05) is 13.1 Å². The van der Waals surface area contributed by atoms with E-state index in [0.29, 0.717) is 0 Å². The van der Waals surface area contributed by atoms with Crippen LogP contribution in [0, 0.1) is 0 Å². The fourth-order valence-corrected chi connectivity index (χ4v) is 1.85. The fraction of sp³-hybridized carbons (Fsp3) is 0.917. The monoisotopic (exact) mass is 267 g/mol. The Balaban J connectivity index is 4.00. The summed E-state index contributed by atoms with van der Waals surface area (Å²) in [6, 6.07) is 0. The van der Waals surface area contributed by atoms with E-state index in [4.69, 9.17) is 23.2 Å². The van der Waals surface area contributed by atoms with Gasteiger partial charge < -0.3 is 4.90 Å². The van der Waals surface area contributed by atoms with Crippen LogP contribution in [0.15, 0.2) is 0 Å². The molecule has 0 aliphatic heterocycles. The number of halogens is 2. The molecular formula is C12H23Cl2NO. The summed E-state index contributed by atoms with van der Waals surface area (Å²) in [5.41, 5.74) is 0. The number of carbonyl (C=O) groups excluding carboxylic acids is 1. The molecule has 0 saturated heterocycles. The maximum atomic E-state index is 11.7. The van der Waals surface area contributed by atoms with Gasteiger partial charge in [-0.15, -0.1) is 0 Å². The Bertz CT molecular complexity index is 176. The van der Waals surface area contributed by atoms with E-state index >= 15 is 0 Å². The van der Waals surface area contributed by atoms with Crippen molar-refractivity contribution < 1.29 is 4.79 Å². The van der Waals surface area contributed by atoms with Gasteiger partial charge in [0.05, 0.1) is 0 Å². The molecule has 0 bridgehead atoms. The highest BCUT2D eigenvalue weighted by Crippen LogP contribution is 2.10. The molecule has 0 aliphatic carbocycles. The molecular weight excluding hydrogens is 245 g/mol. The third-order valence-corrected chi connectivity index (χ3v) is 2.93. The Morgan fingerprint density at radius 2 is 1.44 bits per heavy atom. The topological polar surface area (TPSA) is 20.3 Å². The average molecular weight is 268 g/mol. The summed E-state index contributed by atoms with van der Waals surface area (Å²) in [7, 11) is 0. The van der Waals surface area contributed by atoms with Gasteiger partial charge in [0.2, 0.25) is 0 Å².